The molecule has 168 valence electrons. The van der Waals surface area contributed by atoms with Gasteiger partial charge in [0.15, 0.2) is 0 Å². The van der Waals surface area contributed by atoms with Crippen LogP contribution >= 0.6 is 0 Å². The Kier molecular flexibility index (Phi) is 5.61. The van der Waals surface area contributed by atoms with Gasteiger partial charge in [-0.05, 0) is 58.0 Å². The van der Waals surface area contributed by atoms with Crippen molar-refractivity contribution in [1.29, 1.82) is 0 Å². The Morgan fingerprint density at radius 2 is 1.45 bits per heavy atom. The molecule has 0 bridgehead atoms. The van der Waals surface area contributed by atoms with Crippen molar-refractivity contribution in [3.63, 3.8) is 0 Å². The molecule has 2 aromatic rings. The Labute approximate surface area is 174 Å². The highest BCUT2D eigenvalue weighted by Crippen LogP contribution is 2.40. The molecule has 6 nitrogen and oxygen atoms in total. The molecule has 0 saturated carbocycles. The summed E-state index contributed by atoms with van der Waals surface area (Å²) >= 11 is 0. The molecule has 0 spiro atoms. The van der Waals surface area contributed by atoms with Gasteiger partial charge in [0.25, 0.3) is 0 Å². The van der Waals surface area contributed by atoms with Crippen LogP contribution in [0.4, 0.5) is 43.8 Å². The number of hydrogen-bond acceptors (Lipinski definition) is 4. The van der Waals surface area contributed by atoms with Crippen molar-refractivity contribution in [1.82, 2.24) is 0 Å². The van der Waals surface area contributed by atoms with Crippen molar-refractivity contribution in [2.45, 2.75) is 45.1 Å². The Bertz CT molecular complexity index is 992. The monoisotopic (exact) mass is 445 g/mol. The van der Waals surface area contributed by atoms with Crippen molar-refractivity contribution in [3.05, 3.63) is 53.6 Å². The zero-order valence-corrected chi connectivity index (χ0v) is 17.0. The van der Waals surface area contributed by atoms with E-state index in [-0.39, 0.29) is 11.4 Å². The van der Waals surface area contributed by atoms with Crippen LogP contribution < -0.4 is 15.9 Å². The van der Waals surface area contributed by atoms with E-state index >= 15 is 0 Å². The lowest BCUT2D eigenvalue weighted by Crippen LogP contribution is -2.41. The molecule has 0 aromatic heterocycles. The van der Waals surface area contributed by atoms with Crippen LogP contribution in [0.3, 0.4) is 0 Å². The van der Waals surface area contributed by atoms with E-state index in [0.717, 1.165) is 11.3 Å². The van der Waals surface area contributed by atoms with Crippen molar-refractivity contribution in [3.8, 4) is 0 Å². The Morgan fingerprint density at radius 3 is 2.00 bits per heavy atom. The number of halogens is 5. The van der Waals surface area contributed by atoms with Crippen LogP contribution in [0.1, 0.15) is 33.3 Å². The van der Waals surface area contributed by atoms with E-state index in [4.69, 9.17) is 9.68 Å². The highest BCUT2D eigenvalue weighted by molar-refractivity contribution is 6.00. The molecule has 0 aliphatic carbocycles. The van der Waals surface area contributed by atoms with E-state index in [1.165, 1.54) is 12.1 Å². The van der Waals surface area contributed by atoms with Crippen LogP contribution in [-0.4, -0.2) is 17.2 Å². The van der Waals surface area contributed by atoms with E-state index in [9.17, 15) is 26.7 Å². The summed E-state index contributed by atoms with van der Waals surface area (Å²) in [4.78, 5) is 23.4. The number of carbonyl (C=O) groups is 1. The third kappa shape index (κ3) is 4.72. The van der Waals surface area contributed by atoms with Gasteiger partial charge >= 0.3 is 12.2 Å². The van der Waals surface area contributed by atoms with Gasteiger partial charge in [-0.15, -0.1) is 5.23 Å². The molecular formula is C20H20F5N3O3. The van der Waals surface area contributed by atoms with Gasteiger partial charge in [0.1, 0.15) is 22.8 Å². The van der Waals surface area contributed by atoms with Gasteiger partial charge in [-0.2, -0.15) is 13.2 Å². The van der Waals surface area contributed by atoms with Gasteiger partial charge in [-0.1, -0.05) is 0 Å². The molecular weight excluding hydrogens is 425 g/mol. The van der Waals surface area contributed by atoms with E-state index in [2.05, 4.69) is 5.32 Å². The zero-order valence-electron chi connectivity index (χ0n) is 17.0. The number of carbonyl (C=O) groups excluding carboxylic acids is 1. The number of amides is 2. The van der Waals surface area contributed by atoms with Crippen molar-refractivity contribution in [2.75, 3.05) is 15.9 Å². The molecule has 0 radical (unpaired) electrons. The second-order valence-electron chi connectivity index (χ2n) is 7.90. The van der Waals surface area contributed by atoms with Crippen LogP contribution in [0.2, 0.25) is 0 Å². The summed E-state index contributed by atoms with van der Waals surface area (Å²) < 4.78 is 66.6. The number of anilines is 3. The summed E-state index contributed by atoms with van der Waals surface area (Å²) in [5.41, 5.74) is -3.31. The minimum absolute atomic E-state index is 0.214. The quantitative estimate of drug-likeness (QED) is 0.581. The first-order chi connectivity index (χ1) is 14.2. The maximum absolute atomic E-state index is 14.5. The Balaban J connectivity index is 1.72. The van der Waals surface area contributed by atoms with Gasteiger partial charge in [0.05, 0.1) is 22.6 Å². The Hall–Kier alpha value is -2.92. The first-order valence-electron chi connectivity index (χ1n) is 9.12. The molecule has 0 unspecified atom stereocenters. The number of alkyl halides is 3. The molecule has 2 aromatic carbocycles. The maximum atomic E-state index is 14.5. The summed E-state index contributed by atoms with van der Waals surface area (Å²) in [6.45, 7) is 7.21. The predicted octanol–water partition coefficient (Wildman–Crippen LogP) is 5.87. The fraction of sp³-hybridized carbons (Fsp3) is 0.350. The molecule has 2 amide bonds. The lowest BCUT2D eigenvalue weighted by Gasteiger charge is -2.26. The van der Waals surface area contributed by atoms with Gasteiger partial charge in [0.2, 0.25) is 0 Å². The maximum Gasteiger partial charge on any atom is 0.416 e. The summed E-state index contributed by atoms with van der Waals surface area (Å²) in [7, 11) is 0. The fourth-order valence-corrected chi connectivity index (χ4v) is 2.55. The smallest absolute Gasteiger partial charge is 0.305 e. The van der Waals surface area contributed by atoms with Crippen LogP contribution in [0, 0.1) is 11.6 Å². The summed E-state index contributed by atoms with van der Waals surface area (Å²) in [5, 5.41) is 5.12. The molecule has 2 N–H and O–H groups in total. The van der Waals surface area contributed by atoms with Crippen molar-refractivity contribution in [2.24, 2.45) is 0 Å². The highest BCUT2D eigenvalue weighted by Gasteiger charge is 2.50. The standard InChI is InChI=1S/C20H20F5N3O3/c1-18(2)19(3,4)31-28(30-18)12-6-8-15(14(22)10-12)26-17(29)27-16-9-11(20(23,24)25)5-7-13(16)21/h5-10H,1-4H3,(H2,26,27,29). The van der Waals surface area contributed by atoms with Gasteiger partial charge in [-0.3, -0.25) is 0 Å². The third-order valence-electron chi connectivity index (χ3n) is 5.03. The van der Waals surface area contributed by atoms with Gasteiger partial charge in [-0.25, -0.2) is 23.3 Å². The molecule has 11 heteroatoms. The number of rotatable bonds is 3. The van der Waals surface area contributed by atoms with Gasteiger partial charge < -0.3 is 10.6 Å². The van der Waals surface area contributed by atoms with Crippen LogP contribution in [0.15, 0.2) is 36.4 Å². The zero-order chi connectivity index (χ0) is 23.2. The summed E-state index contributed by atoms with van der Waals surface area (Å²) in [6.07, 6.45) is -4.72. The predicted molar refractivity (Wildman–Crippen MR) is 103 cm³/mol. The van der Waals surface area contributed by atoms with E-state index in [1.807, 2.05) is 5.32 Å². The fourth-order valence-electron chi connectivity index (χ4n) is 2.55. The topological polar surface area (TPSA) is 62.8 Å². The number of benzene rings is 2. The molecule has 0 atom stereocenters. The molecule has 1 aliphatic heterocycles. The van der Waals surface area contributed by atoms with Crippen molar-refractivity contribution < 1.29 is 36.4 Å². The minimum Gasteiger partial charge on any atom is -0.305 e. The minimum atomic E-state index is -4.72. The second-order valence-corrected chi connectivity index (χ2v) is 7.90. The van der Waals surface area contributed by atoms with Crippen LogP contribution in [0.25, 0.3) is 0 Å². The van der Waals surface area contributed by atoms with E-state index in [0.29, 0.717) is 18.2 Å². The molecule has 1 fully saturated rings. The first-order valence-corrected chi connectivity index (χ1v) is 9.12. The third-order valence-corrected chi connectivity index (χ3v) is 5.03. The Morgan fingerprint density at radius 1 is 0.871 bits per heavy atom. The summed E-state index contributed by atoms with van der Waals surface area (Å²) in [6, 6.07) is 4.09. The molecule has 1 saturated heterocycles. The number of nitrogens with one attached hydrogen (secondary N) is 2. The van der Waals surface area contributed by atoms with Crippen molar-refractivity contribution >= 4 is 23.1 Å². The average molecular weight is 445 g/mol. The largest absolute Gasteiger partial charge is 0.416 e. The van der Waals surface area contributed by atoms with E-state index in [1.54, 1.807) is 27.7 Å². The first kappa shape index (κ1) is 22.8. The number of urea groups is 1. The SMILES string of the molecule is CC1(C)ON(c2ccc(NC(=O)Nc3cc(C(F)(F)F)ccc3F)c(F)c2)OC1(C)C. The van der Waals surface area contributed by atoms with Gasteiger partial charge in [0, 0.05) is 6.07 Å². The molecule has 1 aliphatic rings. The van der Waals surface area contributed by atoms with Crippen LogP contribution in [0.5, 0.6) is 0 Å². The highest BCUT2D eigenvalue weighted by atomic mass is 19.4. The average Bonchev–Trinajstić information content (AvgIpc) is 2.85. The molecule has 31 heavy (non-hydrogen) atoms. The number of hydrogen-bond donors (Lipinski definition) is 2. The molecule has 1 heterocycles. The normalized spacial score (nSPS) is 17.5. The van der Waals surface area contributed by atoms with E-state index < -0.39 is 46.3 Å². The second kappa shape index (κ2) is 7.65. The van der Waals surface area contributed by atoms with Crippen LogP contribution in [-0.2, 0) is 15.9 Å². The number of nitrogens with zero attached hydrogens (tertiary/aromatic N) is 1. The lowest BCUT2D eigenvalue weighted by atomic mass is 9.90. The summed E-state index contributed by atoms with van der Waals surface area (Å²) in [5.74, 6) is -1.94. The lowest BCUT2D eigenvalue weighted by molar-refractivity contribution is -0.137. The molecule has 3 rings (SSSR count).